The Balaban J connectivity index is 2.03. The molecule has 1 aliphatic carbocycles. The molecule has 5 nitrogen and oxygen atoms in total. The van der Waals surface area contributed by atoms with Gasteiger partial charge in [-0.2, -0.15) is 0 Å². The number of hydrogen-bond acceptors (Lipinski definition) is 3. The van der Waals surface area contributed by atoms with E-state index in [0.29, 0.717) is 10.8 Å². The highest BCUT2D eigenvalue weighted by atomic mass is 35.5. The summed E-state index contributed by atoms with van der Waals surface area (Å²) in [7, 11) is 0. The molecule has 2 rings (SSSR count). The van der Waals surface area contributed by atoms with Crippen molar-refractivity contribution < 1.29 is 19.4 Å². The van der Waals surface area contributed by atoms with E-state index in [4.69, 9.17) is 21.4 Å². The predicted molar refractivity (Wildman–Crippen MR) is 83.1 cm³/mol. The monoisotopic (exact) mass is 325 g/mol. The molecule has 1 N–H and O–H groups in total. The van der Waals surface area contributed by atoms with E-state index < -0.39 is 18.0 Å². The van der Waals surface area contributed by atoms with Crippen LogP contribution in [0.1, 0.15) is 26.7 Å². The lowest BCUT2D eigenvalue weighted by atomic mass is 10.1. The van der Waals surface area contributed by atoms with Crippen LogP contribution in [0, 0.1) is 5.92 Å². The molecule has 0 aliphatic heterocycles. The predicted octanol–water partition coefficient (Wildman–Crippen LogP) is 2.82. The Morgan fingerprint density at radius 1 is 1.36 bits per heavy atom. The van der Waals surface area contributed by atoms with Crippen LogP contribution in [0.25, 0.3) is 0 Å². The molecule has 1 amide bonds. The van der Waals surface area contributed by atoms with E-state index in [-0.39, 0.29) is 18.5 Å². The molecule has 2 atom stereocenters. The summed E-state index contributed by atoms with van der Waals surface area (Å²) >= 11 is 6.03. The molecule has 0 saturated heterocycles. The van der Waals surface area contributed by atoms with Crippen LogP contribution in [0.4, 0.5) is 0 Å². The van der Waals surface area contributed by atoms with Crippen molar-refractivity contribution in [3.63, 3.8) is 0 Å². The standard InChI is InChI=1S/C16H20ClNO4/c1-10(16(20)21)9-18(12-7-8-12)15(19)11(2)22-14-6-4-3-5-13(14)17/h3-6,10-12H,7-9H2,1-2H3,(H,20,21). The Kier molecular flexibility index (Phi) is 5.29. The van der Waals surface area contributed by atoms with Gasteiger partial charge >= 0.3 is 5.97 Å². The van der Waals surface area contributed by atoms with Gasteiger partial charge in [-0.1, -0.05) is 30.7 Å². The summed E-state index contributed by atoms with van der Waals surface area (Å²) in [5, 5.41) is 9.48. The quantitative estimate of drug-likeness (QED) is 0.837. The lowest BCUT2D eigenvalue weighted by Gasteiger charge is -2.27. The SMILES string of the molecule is CC(CN(C(=O)C(C)Oc1ccccc1Cl)C1CC1)C(=O)O. The highest BCUT2D eigenvalue weighted by molar-refractivity contribution is 6.32. The number of rotatable bonds is 7. The first-order valence-corrected chi connectivity index (χ1v) is 7.72. The minimum Gasteiger partial charge on any atom is -0.481 e. The van der Waals surface area contributed by atoms with Gasteiger partial charge in [-0.3, -0.25) is 9.59 Å². The fourth-order valence-corrected chi connectivity index (χ4v) is 2.37. The molecule has 0 aromatic heterocycles. The minimum atomic E-state index is -0.905. The van der Waals surface area contributed by atoms with Crippen LogP contribution in [0.15, 0.2) is 24.3 Å². The topological polar surface area (TPSA) is 66.8 Å². The maximum atomic E-state index is 12.6. The summed E-state index contributed by atoms with van der Waals surface area (Å²) in [6.07, 6.45) is 1.12. The van der Waals surface area contributed by atoms with Gasteiger partial charge in [0.15, 0.2) is 6.10 Å². The van der Waals surface area contributed by atoms with Crippen molar-refractivity contribution in [1.82, 2.24) is 4.90 Å². The van der Waals surface area contributed by atoms with E-state index in [1.807, 2.05) is 0 Å². The maximum Gasteiger partial charge on any atom is 0.308 e. The fraction of sp³-hybridized carbons (Fsp3) is 0.500. The van der Waals surface area contributed by atoms with Gasteiger partial charge < -0.3 is 14.7 Å². The molecule has 22 heavy (non-hydrogen) atoms. The number of ether oxygens (including phenoxy) is 1. The molecular formula is C16H20ClNO4. The summed E-state index contributed by atoms with van der Waals surface area (Å²) in [6.45, 7) is 3.46. The van der Waals surface area contributed by atoms with Gasteiger partial charge in [0.25, 0.3) is 5.91 Å². The second kappa shape index (κ2) is 7.01. The molecule has 0 bridgehead atoms. The van der Waals surface area contributed by atoms with Crippen LogP contribution >= 0.6 is 11.6 Å². The molecule has 1 aromatic rings. The summed E-state index contributed by atoms with van der Waals surface area (Å²) in [5.41, 5.74) is 0. The lowest BCUT2D eigenvalue weighted by Crippen LogP contribution is -2.45. The summed E-state index contributed by atoms with van der Waals surface area (Å²) < 4.78 is 5.64. The number of aliphatic carboxylic acids is 1. The Morgan fingerprint density at radius 3 is 2.55 bits per heavy atom. The highest BCUT2D eigenvalue weighted by Gasteiger charge is 2.37. The third kappa shape index (κ3) is 4.13. The molecule has 1 fully saturated rings. The summed E-state index contributed by atoms with van der Waals surface area (Å²) in [6, 6.07) is 7.09. The third-order valence-electron chi connectivity index (χ3n) is 3.65. The number of para-hydroxylation sites is 1. The van der Waals surface area contributed by atoms with Crippen LogP contribution in [0.2, 0.25) is 5.02 Å². The normalized spacial score (nSPS) is 16.7. The maximum absolute atomic E-state index is 12.6. The van der Waals surface area contributed by atoms with Gasteiger partial charge in [0.2, 0.25) is 0 Å². The molecule has 2 unspecified atom stereocenters. The smallest absolute Gasteiger partial charge is 0.308 e. The number of carbonyl (C=O) groups excluding carboxylic acids is 1. The molecule has 6 heteroatoms. The second-order valence-electron chi connectivity index (χ2n) is 5.65. The molecule has 120 valence electrons. The van der Waals surface area contributed by atoms with E-state index in [2.05, 4.69) is 0 Å². The van der Waals surface area contributed by atoms with Crippen molar-refractivity contribution >= 4 is 23.5 Å². The number of halogens is 1. The Morgan fingerprint density at radius 2 is 2.00 bits per heavy atom. The zero-order chi connectivity index (χ0) is 16.3. The van der Waals surface area contributed by atoms with Crippen LogP contribution in [-0.2, 0) is 9.59 Å². The van der Waals surface area contributed by atoms with Crippen LogP contribution in [0.3, 0.4) is 0 Å². The first-order valence-electron chi connectivity index (χ1n) is 7.34. The molecular weight excluding hydrogens is 306 g/mol. The van der Waals surface area contributed by atoms with Crippen LogP contribution in [0.5, 0.6) is 5.75 Å². The van der Waals surface area contributed by atoms with Crippen LogP contribution in [-0.4, -0.2) is 40.6 Å². The number of nitrogens with zero attached hydrogens (tertiary/aromatic N) is 1. The number of carboxylic acids is 1. The van der Waals surface area contributed by atoms with Crippen molar-refractivity contribution in [3.05, 3.63) is 29.3 Å². The van der Waals surface area contributed by atoms with Gasteiger partial charge in [-0.05, 0) is 31.9 Å². The molecule has 1 saturated carbocycles. The number of carbonyl (C=O) groups is 2. The van der Waals surface area contributed by atoms with E-state index in [1.54, 1.807) is 43.0 Å². The molecule has 1 aliphatic rings. The first kappa shape index (κ1) is 16.6. The third-order valence-corrected chi connectivity index (χ3v) is 3.96. The minimum absolute atomic E-state index is 0.131. The van der Waals surface area contributed by atoms with E-state index in [1.165, 1.54) is 0 Å². The lowest BCUT2D eigenvalue weighted by molar-refractivity contribution is -0.145. The number of amides is 1. The average molecular weight is 326 g/mol. The Hall–Kier alpha value is -1.75. The van der Waals surface area contributed by atoms with E-state index >= 15 is 0 Å². The van der Waals surface area contributed by atoms with E-state index in [0.717, 1.165) is 12.8 Å². The van der Waals surface area contributed by atoms with Gasteiger partial charge in [-0.15, -0.1) is 0 Å². The van der Waals surface area contributed by atoms with Crippen molar-refractivity contribution in [1.29, 1.82) is 0 Å². The largest absolute Gasteiger partial charge is 0.481 e. The van der Waals surface area contributed by atoms with Gasteiger partial charge in [0.05, 0.1) is 10.9 Å². The highest BCUT2D eigenvalue weighted by Crippen LogP contribution is 2.30. The second-order valence-corrected chi connectivity index (χ2v) is 6.06. The fourth-order valence-electron chi connectivity index (χ4n) is 2.19. The summed E-state index contributed by atoms with van der Waals surface area (Å²) in [5.74, 6) is -1.25. The van der Waals surface area contributed by atoms with Crippen molar-refractivity contribution in [2.45, 2.75) is 38.8 Å². The number of hydrogen-bond donors (Lipinski definition) is 1. The van der Waals surface area contributed by atoms with Crippen molar-refractivity contribution in [3.8, 4) is 5.75 Å². The molecule has 0 heterocycles. The van der Waals surface area contributed by atoms with Gasteiger partial charge in [0.1, 0.15) is 5.75 Å². The molecule has 1 aromatic carbocycles. The first-order chi connectivity index (χ1) is 10.4. The zero-order valence-electron chi connectivity index (χ0n) is 12.7. The Bertz CT molecular complexity index is 559. The van der Waals surface area contributed by atoms with E-state index in [9.17, 15) is 9.59 Å². The zero-order valence-corrected chi connectivity index (χ0v) is 13.4. The average Bonchev–Trinajstić information content (AvgIpc) is 3.30. The van der Waals surface area contributed by atoms with Crippen LogP contribution < -0.4 is 4.74 Å². The number of carboxylic acid groups (broad SMARTS) is 1. The number of benzene rings is 1. The molecule has 0 spiro atoms. The van der Waals surface area contributed by atoms with Crippen molar-refractivity contribution in [2.75, 3.05) is 6.54 Å². The summed E-state index contributed by atoms with van der Waals surface area (Å²) in [4.78, 5) is 25.2. The Labute approximate surface area is 134 Å². The van der Waals surface area contributed by atoms with Gasteiger partial charge in [-0.25, -0.2) is 0 Å². The van der Waals surface area contributed by atoms with Gasteiger partial charge in [0, 0.05) is 12.6 Å². The van der Waals surface area contributed by atoms with Crippen molar-refractivity contribution in [2.24, 2.45) is 5.92 Å². The molecule has 0 radical (unpaired) electrons.